The molecule has 5 nitrogen and oxygen atoms in total. The Hall–Kier alpha value is -1.78. The number of pyridine rings is 1. The predicted octanol–water partition coefficient (Wildman–Crippen LogP) is 1.94. The summed E-state index contributed by atoms with van der Waals surface area (Å²) in [5, 5.41) is 0. The SMILES string of the molecule is CCC1CCCC(OC(=O)Cn2cc(N)ccc2=O)C1. The summed E-state index contributed by atoms with van der Waals surface area (Å²) >= 11 is 0. The number of aromatic nitrogens is 1. The lowest BCUT2D eigenvalue weighted by atomic mass is 9.85. The highest BCUT2D eigenvalue weighted by Crippen LogP contribution is 2.28. The van der Waals surface area contributed by atoms with Gasteiger partial charge in [-0.25, -0.2) is 0 Å². The molecule has 0 spiro atoms. The van der Waals surface area contributed by atoms with Gasteiger partial charge in [-0.3, -0.25) is 9.59 Å². The van der Waals surface area contributed by atoms with Crippen molar-refractivity contribution >= 4 is 11.7 Å². The standard InChI is InChI=1S/C15H22N2O3/c1-2-11-4-3-5-13(8-11)20-15(19)10-17-9-12(16)6-7-14(17)18/h6-7,9,11,13H,2-5,8,10,16H2,1H3. The lowest BCUT2D eigenvalue weighted by Crippen LogP contribution is -2.30. The second-order valence-electron chi connectivity index (χ2n) is 5.48. The second-order valence-corrected chi connectivity index (χ2v) is 5.48. The van der Waals surface area contributed by atoms with E-state index >= 15 is 0 Å². The molecule has 1 heterocycles. The number of carbonyl (C=O) groups excluding carboxylic acids is 1. The number of esters is 1. The molecule has 1 aliphatic carbocycles. The Kier molecular flexibility index (Phi) is 4.82. The van der Waals surface area contributed by atoms with Gasteiger partial charge in [-0.2, -0.15) is 0 Å². The molecule has 0 bridgehead atoms. The Bertz CT molecular complexity index is 524. The molecular weight excluding hydrogens is 256 g/mol. The zero-order chi connectivity index (χ0) is 14.5. The van der Waals surface area contributed by atoms with Gasteiger partial charge in [-0.05, 0) is 31.2 Å². The minimum atomic E-state index is -0.362. The average Bonchev–Trinajstić information content (AvgIpc) is 2.43. The highest BCUT2D eigenvalue weighted by molar-refractivity contribution is 5.69. The van der Waals surface area contributed by atoms with Crippen molar-refractivity contribution in [3.63, 3.8) is 0 Å². The van der Waals surface area contributed by atoms with Gasteiger partial charge in [0.05, 0.1) is 0 Å². The average molecular weight is 278 g/mol. The van der Waals surface area contributed by atoms with Crippen molar-refractivity contribution in [2.45, 2.75) is 51.7 Å². The van der Waals surface area contributed by atoms with E-state index in [4.69, 9.17) is 10.5 Å². The van der Waals surface area contributed by atoms with E-state index in [2.05, 4.69) is 6.92 Å². The molecule has 0 radical (unpaired) electrons. The summed E-state index contributed by atoms with van der Waals surface area (Å²) in [6.45, 7) is 2.10. The summed E-state index contributed by atoms with van der Waals surface area (Å²) in [7, 11) is 0. The van der Waals surface area contributed by atoms with Gasteiger partial charge in [-0.1, -0.05) is 19.8 Å². The second kappa shape index (κ2) is 6.59. The van der Waals surface area contributed by atoms with E-state index in [0.29, 0.717) is 11.6 Å². The van der Waals surface area contributed by atoms with E-state index in [-0.39, 0.29) is 24.2 Å². The maximum Gasteiger partial charge on any atom is 0.326 e. The van der Waals surface area contributed by atoms with E-state index in [9.17, 15) is 9.59 Å². The molecule has 2 N–H and O–H groups in total. The van der Waals surface area contributed by atoms with E-state index in [1.54, 1.807) is 0 Å². The molecule has 0 aromatic carbocycles. The van der Waals surface area contributed by atoms with Gasteiger partial charge in [0.25, 0.3) is 5.56 Å². The van der Waals surface area contributed by atoms with Gasteiger partial charge >= 0.3 is 5.97 Å². The molecule has 1 aromatic rings. The minimum absolute atomic E-state index is 0.00189. The summed E-state index contributed by atoms with van der Waals surface area (Å²) in [5.74, 6) is 0.288. The number of nitrogens with two attached hydrogens (primary N) is 1. The Morgan fingerprint density at radius 3 is 3.00 bits per heavy atom. The van der Waals surface area contributed by atoms with Crippen LogP contribution < -0.4 is 11.3 Å². The van der Waals surface area contributed by atoms with Crippen LogP contribution >= 0.6 is 0 Å². The highest BCUT2D eigenvalue weighted by atomic mass is 16.5. The maximum absolute atomic E-state index is 11.9. The molecule has 2 unspecified atom stereocenters. The third-order valence-corrected chi connectivity index (χ3v) is 3.92. The minimum Gasteiger partial charge on any atom is -0.461 e. The van der Waals surface area contributed by atoms with Crippen molar-refractivity contribution in [1.29, 1.82) is 0 Å². The van der Waals surface area contributed by atoms with Crippen LogP contribution in [0.25, 0.3) is 0 Å². The van der Waals surface area contributed by atoms with Crippen LogP contribution in [0.1, 0.15) is 39.0 Å². The van der Waals surface area contributed by atoms with E-state index in [0.717, 1.165) is 25.7 Å². The largest absolute Gasteiger partial charge is 0.461 e. The van der Waals surface area contributed by atoms with Crippen molar-refractivity contribution in [2.75, 3.05) is 5.73 Å². The zero-order valence-corrected chi connectivity index (χ0v) is 11.9. The number of nitrogen functional groups attached to an aromatic ring is 1. The molecule has 1 aliphatic rings. The third-order valence-electron chi connectivity index (χ3n) is 3.92. The first kappa shape index (κ1) is 14.6. The fraction of sp³-hybridized carbons (Fsp3) is 0.600. The summed E-state index contributed by atoms with van der Waals surface area (Å²) in [6.07, 6.45) is 6.79. The number of hydrogen-bond donors (Lipinski definition) is 1. The van der Waals surface area contributed by atoms with Gasteiger partial charge in [0.2, 0.25) is 0 Å². The predicted molar refractivity (Wildman–Crippen MR) is 77.2 cm³/mol. The third kappa shape index (κ3) is 3.85. The molecule has 0 amide bonds. The fourth-order valence-electron chi connectivity index (χ4n) is 2.76. The molecule has 0 saturated heterocycles. The van der Waals surface area contributed by atoms with Gasteiger partial charge in [0.15, 0.2) is 0 Å². The Morgan fingerprint density at radius 2 is 2.25 bits per heavy atom. The smallest absolute Gasteiger partial charge is 0.326 e. The topological polar surface area (TPSA) is 74.3 Å². The lowest BCUT2D eigenvalue weighted by Gasteiger charge is -2.28. The molecule has 5 heteroatoms. The summed E-state index contributed by atoms with van der Waals surface area (Å²) in [4.78, 5) is 23.5. The highest BCUT2D eigenvalue weighted by Gasteiger charge is 2.23. The van der Waals surface area contributed by atoms with E-state index < -0.39 is 0 Å². The molecular formula is C15H22N2O3. The van der Waals surface area contributed by atoms with Crippen molar-refractivity contribution in [2.24, 2.45) is 5.92 Å². The van der Waals surface area contributed by atoms with Gasteiger partial charge < -0.3 is 15.0 Å². The number of carbonyl (C=O) groups is 1. The van der Waals surface area contributed by atoms with Crippen molar-refractivity contribution in [3.8, 4) is 0 Å². The van der Waals surface area contributed by atoms with Crippen LogP contribution in [0.2, 0.25) is 0 Å². The Balaban J connectivity index is 1.92. The number of hydrogen-bond acceptors (Lipinski definition) is 4. The molecule has 1 saturated carbocycles. The molecule has 1 fully saturated rings. The molecule has 2 atom stereocenters. The van der Waals surface area contributed by atoms with Crippen LogP contribution in [0.3, 0.4) is 0 Å². The first-order valence-corrected chi connectivity index (χ1v) is 7.24. The van der Waals surface area contributed by atoms with Gasteiger partial charge in [-0.15, -0.1) is 0 Å². The molecule has 1 aromatic heterocycles. The van der Waals surface area contributed by atoms with Gasteiger partial charge in [0, 0.05) is 18.0 Å². The van der Waals surface area contributed by atoms with Crippen LogP contribution in [-0.2, 0) is 16.1 Å². The quantitative estimate of drug-likeness (QED) is 0.854. The summed E-state index contributed by atoms with van der Waals surface area (Å²) < 4.78 is 6.77. The van der Waals surface area contributed by atoms with Crippen LogP contribution in [0.4, 0.5) is 5.69 Å². The summed E-state index contributed by atoms with van der Waals surface area (Å²) in [5.41, 5.74) is 5.83. The fourth-order valence-corrected chi connectivity index (χ4v) is 2.76. The maximum atomic E-state index is 11.9. The molecule has 0 aliphatic heterocycles. The van der Waals surface area contributed by atoms with Crippen LogP contribution in [0.15, 0.2) is 23.1 Å². The van der Waals surface area contributed by atoms with Crippen LogP contribution in [0, 0.1) is 5.92 Å². The first-order valence-electron chi connectivity index (χ1n) is 7.24. The van der Waals surface area contributed by atoms with Crippen molar-refractivity contribution in [1.82, 2.24) is 4.57 Å². The van der Waals surface area contributed by atoms with E-state index in [1.165, 1.54) is 29.3 Å². The molecule has 110 valence electrons. The van der Waals surface area contributed by atoms with Crippen LogP contribution in [-0.4, -0.2) is 16.6 Å². The zero-order valence-electron chi connectivity index (χ0n) is 11.9. The number of ether oxygens (including phenoxy) is 1. The van der Waals surface area contributed by atoms with Crippen molar-refractivity contribution in [3.05, 3.63) is 28.7 Å². The monoisotopic (exact) mass is 278 g/mol. The Labute approximate surface area is 118 Å². The number of rotatable bonds is 4. The normalized spacial score (nSPS) is 22.4. The lowest BCUT2D eigenvalue weighted by molar-refractivity contribution is -0.152. The molecule has 2 rings (SSSR count). The molecule has 20 heavy (non-hydrogen) atoms. The van der Waals surface area contributed by atoms with Crippen molar-refractivity contribution < 1.29 is 9.53 Å². The van der Waals surface area contributed by atoms with Crippen LogP contribution in [0.5, 0.6) is 0 Å². The summed E-state index contributed by atoms with van der Waals surface area (Å²) in [6, 6.07) is 2.88. The first-order chi connectivity index (χ1) is 9.58. The number of nitrogens with zero attached hydrogens (tertiary/aromatic N) is 1. The Morgan fingerprint density at radius 1 is 1.45 bits per heavy atom. The van der Waals surface area contributed by atoms with Gasteiger partial charge in [0.1, 0.15) is 12.6 Å². The van der Waals surface area contributed by atoms with E-state index in [1.807, 2.05) is 0 Å². The number of anilines is 1.